The second-order valence-corrected chi connectivity index (χ2v) is 9.20. The maximum atomic E-state index is 13.2. The molecule has 4 rings (SSSR count). The summed E-state index contributed by atoms with van der Waals surface area (Å²) in [7, 11) is 3.32. The Balaban J connectivity index is 1.57. The predicted octanol–water partition coefficient (Wildman–Crippen LogP) is 4.69. The lowest BCUT2D eigenvalue weighted by Crippen LogP contribution is -2.27. The van der Waals surface area contributed by atoms with E-state index < -0.39 is 0 Å². The fourth-order valence-corrected chi connectivity index (χ4v) is 4.16. The average Bonchev–Trinajstić information content (AvgIpc) is 2.92. The van der Waals surface area contributed by atoms with E-state index in [-0.39, 0.29) is 18.4 Å². The molecule has 1 N–H and O–H groups in total. The number of rotatable bonds is 9. The van der Waals surface area contributed by atoms with Crippen molar-refractivity contribution in [3.05, 3.63) is 82.6 Å². The Labute approximate surface area is 228 Å². The molecule has 2 aromatic carbocycles. The van der Waals surface area contributed by atoms with Crippen LogP contribution in [0.25, 0.3) is 22.2 Å². The van der Waals surface area contributed by atoms with Crippen molar-refractivity contribution in [1.29, 1.82) is 0 Å². The quantitative estimate of drug-likeness (QED) is 0.229. The number of nitrogens with one attached hydrogen (secondary N) is 1. The molecule has 2 heterocycles. The smallest absolute Gasteiger partial charge is 0.272 e. The molecule has 4 aromatic rings. The molecule has 0 fully saturated rings. The summed E-state index contributed by atoms with van der Waals surface area (Å²) in [4.78, 5) is 35.3. The number of benzene rings is 2. The van der Waals surface area contributed by atoms with E-state index in [1.54, 1.807) is 44.7 Å². The monoisotopic (exact) mass is 575 g/mol. The van der Waals surface area contributed by atoms with Gasteiger partial charge in [-0.2, -0.15) is 5.10 Å². The number of hydrazone groups is 1. The van der Waals surface area contributed by atoms with Crippen LogP contribution in [0.3, 0.4) is 0 Å². The van der Waals surface area contributed by atoms with Gasteiger partial charge in [-0.25, -0.2) is 10.4 Å². The number of pyridine rings is 2. The molecule has 0 saturated heterocycles. The zero-order chi connectivity index (χ0) is 27.1. The number of hydrogen-bond acceptors (Lipinski definition) is 7. The number of hydrogen-bond donors (Lipinski definition) is 1. The van der Waals surface area contributed by atoms with Gasteiger partial charge in [0.05, 0.1) is 34.1 Å². The maximum Gasteiger partial charge on any atom is 0.272 e. The standard InChI is InChI=1S/C28H26BrN5O4/c1-4-37-25-14-18(13-22(29)27(25)38-17-26(35)34(2)3)16-31-33-28(36)21-15-24(19-9-11-30-12-10-19)32-23-8-6-5-7-20(21)23/h5-16H,4,17H2,1-3H3,(H,33,36)/b31-16-. The lowest BCUT2D eigenvalue weighted by molar-refractivity contribution is -0.130. The van der Waals surface area contributed by atoms with Crippen LogP contribution in [0, 0.1) is 0 Å². The summed E-state index contributed by atoms with van der Waals surface area (Å²) in [6.07, 6.45) is 4.87. The summed E-state index contributed by atoms with van der Waals surface area (Å²) in [5.41, 5.74) is 5.93. The van der Waals surface area contributed by atoms with Crippen molar-refractivity contribution >= 4 is 44.9 Å². The highest BCUT2D eigenvalue weighted by Gasteiger charge is 2.16. The molecule has 0 aliphatic rings. The Bertz CT molecular complexity index is 1490. The van der Waals surface area contributed by atoms with Gasteiger partial charge in [-0.15, -0.1) is 0 Å². The molecule has 0 saturated carbocycles. The van der Waals surface area contributed by atoms with Crippen LogP contribution in [0.4, 0.5) is 0 Å². The van der Waals surface area contributed by atoms with Crippen molar-refractivity contribution in [3.63, 3.8) is 0 Å². The Hall–Kier alpha value is -4.31. The van der Waals surface area contributed by atoms with Crippen LogP contribution in [0.5, 0.6) is 11.5 Å². The van der Waals surface area contributed by atoms with E-state index in [9.17, 15) is 9.59 Å². The molecule has 0 radical (unpaired) electrons. The summed E-state index contributed by atoms with van der Waals surface area (Å²) in [6, 6.07) is 16.4. The van der Waals surface area contributed by atoms with Crippen molar-refractivity contribution in [1.82, 2.24) is 20.3 Å². The van der Waals surface area contributed by atoms with E-state index in [2.05, 4.69) is 31.4 Å². The zero-order valence-corrected chi connectivity index (χ0v) is 22.7. The molecule has 0 unspecified atom stereocenters. The number of carbonyl (C=O) groups is 2. The minimum atomic E-state index is -0.374. The van der Waals surface area contributed by atoms with Crippen LogP contribution in [0.1, 0.15) is 22.8 Å². The Morgan fingerprint density at radius 3 is 2.58 bits per heavy atom. The second kappa shape index (κ2) is 12.3. The minimum Gasteiger partial charge on any atom is -0.490 e. The van der Waals surface area contributed by atoms with E-state index in [0.29, 0.717) is 50.3 Å². The lowest BCUT2D eigenvalue weighted by Gasteiger charge is -2.16. The third-order valence-electron chi connectivity index (χ3n) is 5.49. The highest BCUT2D eigenvalue weighted by molar-refractivity contribution is 9.10. The van der Waals surface area contributed by atoms with Crippen LogP contribution in [-0.2, 0) is 4.79 Å². The SMILES string of the molecule is CCOc1cc(/C=N\NC(=O)c2cc(-c3ccncc3)nc3ccccc23)cc(Br)c1OCC(=O)N(C)C. The van der Waals surface area contributed by atoms with Crippen LogP contribution >= 0.6 is 15.9 Å². The van der Waals surface area contributed by atoms with E-state index >= 15 is 0 Å². The molecular formula is C28H26BrN5O4. The summed E-state index contributed by atoms with van der Waals surface area (Å²) >= 11 is 3.48. The number of carbonyl (C=O) groups excluding carboxylic acids is 2. The number of amides is 2. The van der Waals surface area contributed by atoms with Crippen molar-refractivity contribution in [2.24, 2.45) is 5.10 Å². The summed E-state index contributed by atoms with van der Waals surface area (Å²) in [5.74, 6) is 0.309. The van der Waals surface area contributed by atoms with Gasteiger partial charge in [0.15, 0.2) is 18.1 Å². The molecule has 0 aliphatic carbocycles. The number of fused-ring (bicyclic) bond motifs is 1. The summed E-state index contributed by atoms with van der Waals surface area (Å²) in [6.45, 7) is 2.12. The van der Waals surface area contributed by atoms with Crippen molar-refractivity contribution in [3.8, 4) is 22.8 Å². The molecule has 0 aliphatic heterocycles. The largest absolute Gasteiger partial charge is 0.490 e. The number of aromatic nitrogens is 2. The first-order chi connectivity index (χ1) is 18.4. The zero-order valence-electron chi connectivity index (χ0n) is 21.1. The molecule has 0 atom stereocenters. The van der Waals surface area contributed by atoms with Gasteiger partial charge < -0.3 is 14.4 Å². The summed E-state index contributed by atoms with van der Waals surface area (Å²) < 4.78 is 12.0. The van der Waals surface area contributed by atoms with Crippen molar-refractivity contribution in [2.45, 2.75) is 6.92 Å². The Morgan fingerprint density at radius 1 is 1.08 bits per heavy atom. The van der Waals surface area contributed by atoms with Gasteiger partial charge >= 0.3 is 0 Å². The third kappa shape index (κ3) is 6.33. The van der Waals surface area contributed by atoms with Crippen molar-refractivity contribution in [2.75, 3.05) is 27.3 Å². The number of para-hydroxylation sites is 1. The van der Waals surface area contributed by atoms with Gasteiger partial charge in [0.2, 0.25) is 0 Å². The Morgan fingerprint density at radius 2 is 1.84 bits per heavy atom. The predicted molar refractivity (Wildman–Crippen MR) is 150 cm³/mol. The first-order valence-electron chi connectivity index (χ1n) is 11.8. The first kappa shape index (κ1) is 26.7. The van der Waals surface area contributed by atoms with E-state index in [1.165, 1.54) is 11.1 Å². The third-order valence-corrected chi connectivity index (χ3v) is 6.08. The van der Waals surface area contributed by atoms with Crippen LogP contribution in [-0.4, -0.2) is 60.2 Å². The molecule has 2 amide bonds. The van der Waals surface area contributed by atoms with Gasteiger partial charge in [-0.05, 0) is 64.8 Å². The van der Waals surface area contributed by atoms with Gasteiger partial charge in [0.1, 0.15) is 0 Å². The number of nitrogens with zero attached hydrogens (tertiary/aromatic N) is 4. The number of likely N-dealkylation sites (N-methyl/N-ethyl adjacent to an activating group) is 1. The lowest BCUT2D eigenvalue weighted by atomic mass is 10.0. The molecule has 0 bridgehead atoms. The van der Waals surface area contributed by atoms with Gasteiger partial charge in [0, 0.05) is 37.4 Å². The van der Waals surface area contributed by atoms with E-state index in [1.807, 2.05) is 43.3 Å². The van der Waals surface area contributed by atoms with Crippen LogP contribution in [0.2, 0.25) is 0 Å². The topological polar surface area (TPSA) is 106 Å². The van der Waals surface area contributed by atoms with Crippen molar-refractivity contribution < 1.29 is 19.1 Å². The first-order valence-corrected chi connectivity index (χ1v) is 12.6. The fourth-order valence-electron chi connectivity index (χ4n) is 3.59. The van der Waals surface area contributed by atoms with Gasteiger partial charge in [-0.1, -0.05) is 18.2 Å². The number of ether oxygens (including phenoxy) is 2. The number of halogens is 1. The molecular weight excluding hydrogens is 550 g/mol. The molecule has 10 heteroatoms. The average molecular weight is 576 g/mol. The van der Waals surface area contributed by atoms with E-state index in [4.69, 9.17) is 14.5 Å². The van der Waals surface area contributed by atoms with Crippen LogP contribution in [0.15, 0.2) is 76.6 Å². The van der Waals surface area contributed by atoms with Crippen LogP contribution < -0.4 is 14.9 Å². The highest BCUT2D eigenvalue weighted by Crippen LogP contribution is 2.36. The molecule has 9 nitrogen and oxygen atoms in total. The normalized spacial score (nSPS) is 10.9. The maximum absolute atomic E-state index is 13.2. The molecule has 0 spiro atoms. The minimum absolute atomic E-state index is 0.128. The van der Waals surface area contributed by atoms with E-state index in [0.717, 1.165) is 5.56 Å². The molecule has 38 heavy (non-hydrogen) atoms. The van der Waals surface area contributed by atoms with Gasteiger partial charge in [-0.3, -0.25) is 14.6 Å². The highest BCUT2D eigenvalue weighted by atomic mass is 79.9. The Kier molecular flexibility index (Phi) is 8.65. The fraction of sp³-hybridized carbons (Fsp3) is 0.179. The molecule has 194 valence electrons. The second-order valence-electron chi connectivity index (χ2n) is 8.35. The van der Waals surface area contributed by atoms with Gasteiger partial charge in [0.25, 0.3) is 11.8 Å². The summed E-state index contributed by atoms with van der Waals surface area (Å²) in [5, 5.41) is 4.88. The molecule has 2 aromatic heterocycles.